The molecule has 68 valence electrons. The SMILES string of the molecule is CCCC1C=CCCCC=CC1. The lowest BCUT2D eigenvalue weighted by atomic mass is 9.99. The van der Waals surface area contributed by atoms with Gasteiger partial charge < -0.3 is 0 Å². The molecule has 0 heteroatoms. The van der Waals surface area contributed by atoms with Gasteiger partial charge in [-0.3, -0.25) is 0 Å². The van der Waals surface area contributed by atoms with E-state index in [2.05, 4.69) is 31.2 Å². The third kappa shape index (κ3) is 3.75. The third-order valence-electron chi connectivity index (χ3n) is 2.41. The molecule has 0 saturated heterocycles. The van der Waals surface area contributed by atoms with Crippen LogP contribution in [0.15, 0.2) is 24.3 Å². The average Bonchev–Trinajstić information content (AvgIpc) is 2.19. The molecule has 0 radical (unpaired) electrons. The first kappa shape index (κ1) is 9.57. The second-order valence-corrected chi connectivity index (χ2v) is 3.61. The van der Waals surface area contributed by atoms with Crippen LogP contribution in [-0.2, 0) is 0 Å². The van der Waals surface area contributed by atoms with Crippen LogP contribution in [0, 0.1) is 5.92 Å². The fourth-order valence-electron chi connectivity index (χ4n) is 1.69. The summed E-state index contributed by atoms with van der Waals surface area (Å²) in [6.45, 7) is 2.27. The second kappa shape index (κ2) is 6.05. The molecule has 0 aliphatic heterocycles. The zero-order valence-electron chi connectivity index (χ0n) is 8.13. The quantitative estimate of drug-likeness (QED) is 0.539. The Morgan fingerprint density at radius 2 is 2.00 bits per heavy atom. The van der Waals surface area contributed by atoms with Crippen LogP contribution in [0.1, 0.15) is 45.4 Å². The van der Waals surface area contributed by atoms with Gasteiger partial charge in [-0.05, 0) is 38.0 Å². The van der Waals surface area contributed by atoms with Crippen molar-refractivity contribution in [1.29, 1.82) is 0 Å². The van der Waals surface area contributed by atoms with E-state index in [9.17, 15) is 0 Å². The lowest BCUT2D eigenvalue weighted by Crippen LogP contribution is -1.93. The van der Waals surface area contributed by atoms with Crippen LogP contribution in [0.5, 0.6) is 0 Å². The van der Waals surface area contributed by atoms with Crippen molar-refractivity contribution >= 4 is 0 Å². The summed E-state index contributed by atoms with van der Waals surface area (Å²) in [6.07, 6.45) is 17.3. The molecule has 0 aromatic rings. The topological polar surface area (TPSA) is 0 Å². The monoisotopic (exact) mass is 164 g/mol. The fourth-order valence-corrected chi connectivity index (χ4v) is 1.69. The van der Waals surface area contributed by atoms with Crippen molar-refractivity contribution in [2.75, 3.05) is 0 Å². The average molecular weight is 164 g/mol. The van der Waals surface area contributed by atoms with Gasteiger partial charge >= 0.3 is 0 Å². The molecular weight excluding hydrogens is 144 g/mol. The molecule has 1 atom stereocenters. The molecule has 1 aliphatic carbocycles. The van der Waals surface area contributed by atoms with Gasteiger partial charge in [-0.2, -0.15) is 0 Å². The van der Waals surface area contributed by atoms with Gasteiger partial charge in [0.25, 0.3) is 0 Å². The predicted octanol–water partition coefficient (Wildman–Crippen LogP) is 4.09. The first-order valence-corrected chi connectivity index (χ1v) is 5.25. The summed E-state index contributed by atoms with van der Waals surface area (Å²) in [5, 5.41) is 0. The molecule has 1 unspecified atom stereocenters. The normalized spacial score (nSPS) is 24.6. The molecule has 1 rings (SSSR count). The largest absolute Gasteiger partial charge is 0.0885 e. The molecule has 0 bridgehead atoms. The summed E-state index contributed by atoms with van der Waals surface area (Å²) in [5.41, 5.74) is 0. The number of rotatable bonds is 2. The molecule has 1 aliphatic rings. The van der Waals surface area contributed by atoms with Crippen molar-refractivity contribution in [1.82, 2.24) is 0 Å². The summed E-state index contributed by atoms with van der Waals surface area (Å²) in [5.74, 6) is 0.810. The van der Waals surface area contributed by atoms with E-state index in [0.29, 0.717) is 0 Å². The standard InChI is InChI=1S/C12H20/c1-2-9-12-10-7-5-3-4-6-8-11-12/h5,7-8,11-12H,2-4,6,9-10H2,1H3. The zero-order chi connectivity index (χ0) is 8.65. The molecule has 0 nitrogen and oxygen atoms in total. The van der Waals surface area contributed by atoms with Gasteiger partial charge in [0.1, 0.15) is 0 Å². The van der Waals surface area contributed by atoms with E-state index in [-0.39, 0.29) is 0 Å². The molecule has 0 heterocycles. The van der Waals surface area contributed by atoms with Crippen LogP contribution in [0.3, 0.4) is 0 Å². The predicted molar refractivity (Wildman–Crippen MR) is 55.1 cm³/mol. The Morgan fingerprint density at radius 3 is 2.83 bits per heavy atom. The fraction of sp³-hybridized carbons (Fsp3) is 0.667. The van der Waals surface area contributed by atoms with Crippen LogP contribution >= 0.6 is 0 Å². The summed E-state index contributed by atoms with van der Waals surface area (Å²) in [6, 6.07) is 0. The van der Waals surface area contributed by atoms with E-state index < -0.39 is 0 Å². The van der Waals surface area contributed by atoms with Crippen LogP contribution in [0.4, 0.5) is 0 Å². The molecule has 0 aromatic carbocycles. The third-order valence-corrected chi connectivity index (χ3v) is 2.41. The highest BCUT2D eigenvalue weighted by atomic mass is 14.1. The first-order valence-electron chi connectivity index (χ1n) is 5.25. The number of hydrogen-bond acceptors (Lipinski definition) is 0. The maximum atomic E-state index is 2.42. The minimum atomic E-state index is 0.810. The molecule has 0 fully saturated rings. The van der Waals surface area contributed by atoms with Crippen molar-refractivity contribution in [2.24, 2.45) is 5.92 Å². The first-order chi connectivity index (χ1) is 5.93. The second-order valence-electron chi connectivity index (χ2n) is 3.61. The molecule has 0 N–H and O–H groups in total. The molecule has 0 aromatic heterocycles. The molecule has 0 amide bonds. The lowest BCUT2D eigenvalue weighted by Gasteiger charge is -2.07. The Labute approximate surface area is 76.4 Å². The van der Waals surface area contributed by atoms with E-state index in [1.165, 1.54) is 38.5 Å². The Hall–Kier alpha value is -0.520. The van der Waals surface area contributed by atoms with Crippen LogP contribution in [0.2, 0.25) is 0 Å². The minimum absolute atomic E-state index is 0.810. The van der Waals surface area contributed by atoms with E-state index in [1.54, 1.807) is 0 Å². The Balaban J connectivity index is 2.40. The van der Waals surface area contributed by atoms with E-state index in [1.807, 2.05) is 0 Å². The van der Waals surface area contributed by atoms with Crippen molar-refractivity contribution in [3.63, 3.8) is 0 Å². The smallest absolute Gasteiger partial charge is 0.0199 e. The van der Waals surface area contributed by atoms with E-state index >= 15 is 0 Å². The van der Waals surface area contributed by atoms with Gasteiger partial charge in [-0.1, -0.05) is 37.6 Å². The molecular formula is C12H20. The summed E-state index contributed by atoms with van der Waals surface area (Å²) in [7, 11) is 0. The maximum Gasteiger partial charge on any atom is -0.0199 e. The van der Waals surface area contributed by atoms with Gasteiger partial charge in [0.05, 0.1) is 0 Å². The van der Waals surface area contributed by atoms with Crippen molar-refractivity contribution < 1.29 is 0 Å². The Kier molecular flexibility index (Phi) is 4.82. The Morgan fingerprint density at radius 1 is 1.17 bits per heavy atom. The highest BCUT2D eigenvalue weighted by Crippen LogP contribution is 2.16. The summed E-state index contributed by atoms with van der Waals surface area (Å²) >= 11 is 0. The lowest BCUT2D eigenvalue weighted by molar-refractivity contribution is 0.587. The van der Waals surface area contributed by atoms with E-state index in [0.717, 1.165) is 5.92 Å². The van der Waals surface area contributed by atoms with Gasteiger partial charge in [0.15, 0.2) is 0 Å². The summed E-state index contributed by atoms with van der Waals surface area (Å²) in [4.78, 5) is 0. The van der Waals surface area contributed by atoms with Crippen LogP contribution in [-0.4, -0.2) is 0 Å². The van der Waals surface area contributed by atoms with Gasteiger partial charge in [0.2, 0.25) is 0 Å². The minimum Gasteiger partial charge on any atom is -0.0885 e. The maximum absolute atomic E-state index is 2.42. The highest BCUT2D eigenvalue weighted by molar-refractivity contribution is 4.96. The molecule has 0 saturated carbocycles. The van der Waals surface area contributed by atoms with Crippen LogP contribution < -0.4 is 0 Å². The van der Waals surface area contributed by atoms with Crippen molar-refractivity contribution in [2.45, 2.75) is 45.4 Å². The van der Waals surface area contributed by atoms with Gasteiger partial charge in [-0.15, -0.1) is 0 Å². The summed E-state index contributed by atoms with van der Waals surface area (Å²) < 4.78 is 0. The number of hydrogen-bond donors (Lipinski definition) is 0. The number of allylic oxidation sites excluding steroid dienone is 4. The van der Waals surface area contributed by atoms with Crippen molar-refractivity contribution in [3.05, 3.63) is 24.3 Å². The highest BCUT2D eigenvalue weighted by Gasteiger charge is 2.01. The zero-order valence-corrected chi connectivity index (χ0v) is 8.13. The molecule has 0 spiro atoms. The van der Waals surface area contributed by atoms with Crippen molar-refractivity contribution in [3.8, 4) is 0 Å². The van der Waals surface area contributed by atoms with E-state index in [4.69, 9.17) is 0 Å². The molecule has 12 heavy (non-hydrogen) atoms. The van der Waals surface area contributed by atoms with Gasteiger partial charge in [0, 0.05) is 0 Å². The Bertz CT molecular complexity index is 153. The van der Waals surface area contributed by atoms with Gasteiger partial charge in [-0.25, -0.2) is 0 Å². The van der Waals surface area contributed by atoms with Crippen LogP contribution in [0.25, 0.3) is 0 Å².